The van der Waals surface area contributed by atoms with Crippen molar-refractivity contribution in [1.29, 1.82) is 0 Å². The smallest absolute Gasteiger partial charge is 0.309 e. The molecule has 5 rings (SSSR count). The summed E-state index contributed by atoms with van der Waals surface area (Å²) in [5.74, 6) is 0.318. The number of hydrogen-bond donors (Lipinski definition) is 1. The molecule has 200 valence electrons. The number of benzene rings is 4. The molecule has 0 aliphatic carbocycles. The van der Waals surface area contributed by atoms with Gasteiger partial charge in [-0.3, -0.25) is 9.59 Å². The van der Waals surface area contributed by atoms with Gasteiger partial charge in [0.2, 0.25) is 5.88 Å². The Morgan fingerprint density at radius 3 is 1.90 bits per heavy atom. The first-order valence-electron chi connectivity index (χ1n) is 12.8. The van der Waals surface area contributed by atoms with Crippen LogP contribution in [-0.4, -0.2) is 28.8 Å². The molecular weight excluding hydrogens is 502 g/mol. The summed E-state index contributed by atoms with van der Waals surface area (Å²) in [6.45, 7) is 5.41. The zero-order valence-electron chi connectivity index (χ0n) is 22.8. The van der Waals surface area contributed by atoms with Crippen LogP contribution in [0, 0.1) is 13.8 Å². The monoisotopic (exact) mass is 531 g/mol. The lowest BCUT2D eigenvalue weighted by atomic mass is 10.00. The third-order valence-electron chi connectivity index (χ3n) is 6.47. The maximum atomic E-state index is 12.8. The van der Waals surface area contributed by atoms with Gasteiger partial charge in [-0.05, 0) is 67.9 Å². The molecule has 0 atom stereocenters. The molecule has 0 aliphatic heterocycles. The van der Waals surface area contributed by atoms with Crippen molar-refractivity contribution >= 4 is 17.6 Å². The van der Waals surface area contributed by atoms with Crippen LogP contribution in [0.2, 0.25) is 0 Å². The van der Waals surface area contributed by atoms with E-state index in [9.17, 15) is 9.59 Å². The van der Waals surface area contributed by atoms with Gasteiger partial charge in [0.1, 0.15) is 11.4 Å². The predicted molar refractivity (Wildman–Crippen MR) is 156 cm³/mol. The molecule has 0 aliphatic rings. The molecule has 1 aromatic heterocycles. The van der Waals surface area contributed by atoms with Crippen molar-refractivity contribution in [2.24, 2.45) is 0 Å². The highest BCUT2D eigenvalue weighted by molar-refractivity contribution is 6.04. The number of carbonyl (C=O) groups excluding carboxylic acids is 2. The van der Waals surface area contributed by atoms with Gasteiger partial charge in [-0.15, -0.1) is 0 Å². The summed E-state index contributed by atoms with van der Waals surface area (Å²) >= 11 is 0. The van der Waals surface area contributed by atoms with Crippen LogP contribution in [-0.2, 0) is 4.79 Å². The van der Waals surface area contributed by atoms with Gasteiger partial charge in [0.15, 0.2) is 0 Å². The highest BCUT2D eigenvalue weighted by atomic mass is 16.5. The van der Waals surface area contributed by atoms with Crippen LogP contribution in [0.5, 0.6) is 11.6 Å². The van der Waals surface area contributed by atoms with E-state index in [1.54, 1.807) is 36.1 Å². The van der Waals surface area contributed by atoms with E-state index in [0.29, 0.717) is 34.1 Å². The molecule has 1 heterocycles. The molecule has 0 spiro atoms. The fourth-order valence-corrected chi connectivity index (χ4v) is 4.33. The zero-order chi connectivity index (χ0) is 28.2. The first kappa shape index (κ1) is 26.4. The maximum Gasteiger partial charge on any atom is 0.309 e. The van der Waals surface area contributed by atoms with Gasteiger partial charge >= 0.3 is 5.97 Å². The second kappa shape index (κ2) is 11.3. The minimum atomic E-state index is -0.451. The van der Waals surface area contributed by atoms with E-state index in [1.807, 2.05) is 86.6 Å². The van der Waals surface area contributed by atoms with Crippen molar-refractivity contribution in [1.82, 2.24) is 9.78 Å². The number of amides is 1. The Kier molecular flexibility index (Phi) is 7.46. The summed E-state index contributed by atoms with van der Waals surface area (Å²) in [6.07, 6.45) is 0. The molecule has 40 heavy (non-hydrogen) atoms. The van der Waals surface area contributed by atoms with Crippen molar-refractivity contribution in [2.75, 3.05) is 12.4 Å². The summed E-state index contributed by atoms with van der Waals surface area (Å²) in [7, 11) is 1.58. The van der Waals surface area contributed by atoms with E-state index in [-0.39, 0.29) is 5.91 Å². The van der Waals surface area contributed by atoms with E-state index in [4.69, 9.17) is 14.6 Å². The van der Waals surface area contributed by atoms with Gasteiger partial charge < -0.3 is 14.8 Å². The molecule has 5 aromatic rings. The molecule has 1 amide bonds. The predicted octanol–water partition coefficient (Wildman–Crippen LogP) is 7.01. The van der Waals surface area contributed by atoms with Crippen LogP contribution in [0.1, 0.15) is 28.4 Å². The van der Waals surface area contributed by atoms with Crippen LogP contribution in [0.3, 0.4) is 0 Å². The summed E-state index contributed by atoms with van der Waals surface area (Å²) in [4.78, 5) is 25.0. The normalized spacial score (nSPS) is 10.7. The third-order valence-corrected chi connectivity index (χ3v) is 6.47. The largest absolute Gasteiger partial charge is 0.497 e. The number of anilines is 1. The van der Waals surface area contributed by atoms with Crippen molar-refractivity contribution < 1.29 is 19.1 Å². The Morgan fingerprint density at radius 1 is 0.750 bits per heavy atom. The Hall–Kier alpha value is -5.17. The molecule has 0 bridgehead atoms. The topological polar surface area (TPSA) is 82.4 Å². The molecule has 0 saturated heterocycles. The SMILES string of the molecule is COc1ccc(C(=O)Nc2ccc(-c3c(-c4ccc(C)cc4)nn(-c4ccc(C)cc4)c3OC(C)=O)cc2)cc1. The number of methoxy groups -OCH3 is 1. The van der Waals surface area contributed by atoms with E-state index in [1.165, 1.54) is 6.92 Å². The molecule has 0 fully saturated rings. The standard InChI is InChI=1S/C33H29N3O4/c1-21-5-9-25(10-6-21)31-30(33(40-23(3)37)36(35-31)28-17-7-22(2)8-18-28)24-11-15-27(16-12-24)34-32(38)26-13-19-29(39-4)20-14-26/h5-20H,1-4H3,(H,34,38). The number of aromatic nitrogens is 2. The number of nitrogens with one attached hydrogen (secondary N) is 1. The van der Waals surface area contributed by atoms with E-state index >= 15 is 0 Å². The van der Waals surface area contributed by atoms with Crippen LogP contribution < -0.4 is 14.8 Å². The zero-order valence-corrected chi connectivity index (χ0v) is 22.8. The summed E-state index contributed by atoms with van der Waals surface area (Å²) in [6, 6.07) is 30.2. The first-order valence-corrected chi connectivity index (χ1v) is 12.8. The van der Waals surface area contributed by atoms with Gasteiger partial charge in [-0.25, -0.2) is 0 Å². The number of nitrogens with zero attached hydrogens (tertiary/aromatic N) is 2. The number of ether oxygens (including phenoxy) is 2. The van der Waals surface area contributed by atoms with Gasteiger partial charge in [-0.1, -0.05) is 59.7 Å². The third kappa shape index (κ3) is 5.63. The number of rotatable bonds is 7. The molecule has 0 unspecified atom stereocenters. The molecule has 7 heteroatoms. The van der Waals surface area contributed by atoms with Gasteiger partial charge in [-0.2, -0.15) is 9.78 Å². The Labute approximate surface area is 233 Å². The maximum absolute atomic E-state index is 12.8. The van der Waals surface area contributed by atoms with E-state index in [2.05, 4.69) is 5.32 Å². The van der Waals surface area contributed by atoms with Gasteiger partial charge in [0.05, 0.1) is 18.4 Å². The molecule has 7 nitrogen and oxygen atoms in total. The van der Waals surface area contributed by atoms with Crippen LogP contribution in [0.25, 0.3) is 28.1 Å². The first-order chi connectivity index (χ1) is 19.3. The average Bonchev–Trinajstić information content (AvgIpc) is 3.32. The van der Waals surface area contributed by atoms with Crippen molar-refractivity contribution in [3.05, 3.63) is 114 Å². The molecule has 4 aromatic carbocycles. The van der Waals surface area contributed by atoms with Crippen molar-refractivity contribution in [3.8, 4) is 39.7 Å². The Balaban J connectivity index is 1.57. The van der Waals surface area contributed by atoms with E-state index in [0.717, 1.165) is 27.9 Å². The van der Waals surface area contributed by atoms with Crippen LogP contribution in [0.15, 0.2) is 97.1 Å². The highest BCUT2D eigenvalue weighted by Crippen LogP contribution is 2.41. The lowest BCUT2D eigenvalue weighted by molar-refractivity contribution is -0.132. The summed E-state index contributed by atoms with van der Waals surface area (Å²) in [5, 5.41) is 7.85. The minimum absolute atomic E-state index is 0.233. The van der Waals surface area contributed by atoms with E-state index < -0.39 is 5.97 Å². The van der Waals surface area contributed by atoms with Crippen molar-refractivity contribution in [3.63, 3.8) is 0 Å². The lowest BCUT2D eigenvalue weighted by Gasteiger charge is -2.11. The second-order valence-corrected chi connectivity index (χ2v) is 9.50. The van der Waals surface area contributed by atoms with Crippen LogP contribution in [0.4, 0.5) is 5.69 Å². The number of carbonyl (C=O) groups is 2. The quantitative estimate of drug-likeness (QED) is 0.229. The minimum Gasteiger partial charge on any atom is -0.497 e. The number of aryl methyl sites for hydroxylation is 2. The van der Waals surface area contributed by atoms with Gasteiger partial charge in [0.25, 0.3) is 5.91 Å². The molecule has 0 radical (unpaired) electrons. The Bertz CT molecular complexity index is 1650. The second-order valence-electron chi connectivity index (χ2n) is 9.50. The highest BCUT2D eigenvalue weighted by Gasteiger charge is 2.24. The van der Waals surface area contributed by atoms with Crippen LogP contribution >= 0.6 is 0 Å². The molecular formula is C33H29N3O4. The fraction of sp³-hybridized carbons (Fsp3) is 0.121. The number of esters is 1. The average molecular weight is 532 g/mol. The van der Waals surface area contributed by atoms with Gasteiger partial charge in [0, 0.05) is 23.7 Å². The fourth-order valence-electron chi connectivity index (χ4n) is 4.33. The van der Waals surface area contributed by atoms with Crippen molar-refractivity contribution in [2.45, 2.75) is 20.8 Å². The Morgan fingerprint density at radius 2 is 1.32 bits per heavy atom. The summed E-state index contributed by atoms with van der Waals surface area (Å²) in [5.41, 5.74) is 7.16. The number of hydrogen-bond acceptors (Lipinski definition) is 5. The summed E-state index contributed by atoms with van der Waals surface area (Å²) < 4.78 is 12.6. The lowest BCUT2D eigenvalue weighted by Crippen LogP contribution is -2.11. The molecule has 0 saturated carbocycles. The molecule has 1 N–H and O–H groups in total.